The van der Waals surface area contributed by atoms with Crippen molar-refractivity contribution in [1.29, 1.82) is 0 Å². The molecule has 0 radical (unpaired) electrons. The van der Waals surface area contributed by atoms with E-state index in [9.17, 15) is 19.2 Å². The molecule has 0 amide bonds. The highest BCUT2D eigenvalue weighted by atomic mass is 16.6. The Balaban J connectivity index is 1.90. The summed E-state index contributed by atoms with van der Waals surface area (Å²) >= 11 is 0. The Hall–Kier alpha value is -1.98. The van der Waals surface area contributed by atoms with Gasteiger partial charge >= 0.3 is 23.9 Å². The monoisotopic (exact) mass is 262 g/mol. The Morgan fingerprint density at radius 3 is 2.68 bits per heavy atom. The second kappa shape index (κ2) is 3.12. The summed E-state index contributed by atoms with van der Waals surface area (Å²) in [6.07, 6.45) is 2.79. The topological polar surface area (TPSA) is 86.7 Å². The molecule has 19 heavy (non-hydrogen) atoms. The van der Waals surface area contributed by atoms with Crippen molar-refractivity contribution in [2.75, 3.05) is 0 Å². The van der Waals surface area contributed by atoms with Crippen molar-refractivity contribution in [3.63, 3.8) is 0 Å². The molecule has 1 saturated carbocycles. The minimum atomic E-state index is -0.886. The number of ether oxygens (including phenoxy) is 2. The Morgan fingerprint density at radius 1 is 1.11 bits per heavy atom. The van der Waals surface area contributed by atoms with E-state index in [1.54, 1.807) is 6.08 Å². The predicted octanol–water partition coefficient (Wildman–Crippen LogP) is 0.112. The molecular weight excluding hydrogens is 252 g/mol. The van der Waals surface area contributed by atoms with Crippen LogP contribution < -0.4 is 0 Å². The van der Waals surface area contributed by atoms with Crippen molar-refractivity contribution < 1.29 is 28.7 Å². The Kier molecular flexibility index (Phi) is 1.79. The van der Waals surface area contributed by atoms with E-state index in [0.29, 0.717) is 18.4 Å². The van der Waals surface area contributed by atoms with Crippen LogP contribution in [0, 0.1) is 23.2 Å². The van der Waals surface area contributed by atoms with Crippen molar-refractivity contribution >= 4 is 23.9 Å². The number of carbonyl (C=O) groups is 4. The van der Waals surface area contributed by atoms with Gasteiger partial charge < -0.3 is 9.47 Å². The molecule has 2 fully saturated rings. The predicted molar refractivity (Wildman–Crippen MR) is 57.0 cm³/mol. The summed E-state index contributed by atoms with van der Waals surface area (Å²) in [6, 6.07) is 0. The molecule has 4 unspecified atom stereocenters. The maximum atomic E-state index is 12.1. The summed E-state index contributed by atoms with van der Waals surface area (Å²) in [5, 5.41) is 0. The molecule has 6 heteroatoms. The number of rotatable bonds is 0. The van der Waals surface area contributed by atoms with Crippen LogP contribution in [0.2, 0.25) is 0 Å². The maximum Gasteiger partial charge on any atom is 0.341 e. The number of carbonyl (C=O) groups excluding carboxylic acids is 4. The molecule has 6 nitrogen and oxygen atoms in total. The van der Waals surface area contributed by atoms with Gasteiger partial charge in [-0.3, -0.25) is 14.4 Å². The van der Waals surface area contributed by atoms with Crippen molar-refractivity contribution in [2.45, 2.75) is 19.3 Å². The zero-order valence-electron chi connectivity index (χ0n) is 9.88. The van der Waals surface area contributed by atoms with E-state index in [-0.39, 0.29) is 6.42 Å². The first kappa shape index (κ1) is 10.9. The zero-order valence-corrected chi connectivity index (χ0v) is 9.88. The lowest BCUT2D eigenvalue weighted by molar-refractivity contribution is -0.186. The summed E-state index contributed by atoms with van der Waals surface area (Å²) in [5.41, 5.74) is -0.532. The van der Waals surface area contributed by atoms with E-state index < -0.39 is 47.0 Å². The molecule has 4 bridgehead atoms. The van der Waals surface area contributed by atoms with Gasteiger partial charge in [-0.2, -0.15) is 0 Å². The molecule has 0 N–H and O–H groups in total. The van der Waals surface area contributed by atoms with Crippen LogP contribution in [0.15, 0.2) is 11.6 Å². The summed E-state index contributed by atoms with van der Waals surface area (Å²) in [5.74, 6) is -4.00. The van der Waals surface area contributed by atoms with Crippen molar-refractivity contribution in [3.8, 4) is 0 Å². The number of hydrogen-bond donors (Lipinski definition) is 0. The third-order valence-electron chi connectivity index (χ3n) is 4.88. The van der Waals surface area contributed by atoms with Crippen LogP contribution in [0.5, 0.6) is 0 Å². The van der Waals surface area contributed by atoms with E-state index >= 15 is 0 Å². The molecule has 0 aromatic carbocycles. The van der Waals surface area contributed by atoms with E-state index in [1.807, 2.05) is 0 Å². The zero-order chi connectivity index (χ0) is 13.4. The van der Waals surface area contributed by atoms with Gasteiger partial charge in [-0.25, -0.2) is 4.79 Å². The first-order chi connectivity index (χ1) is 9.03. The van der Waals surface area contributed by atoms with Gasteiger partial charge in [0, 0.05) is 11.5 Å². The lowest BCUT2D eigenvalue weighted by Gasteiger charge is -2.45. The number of hydrogen-bond acceptors (Lipinski definition) is 6. The maximum absolute atomic E-state index is 12.1. The molecule has 0 aromatic rings. The van der Waals surface area contributed by atoms with Gasteiger partial charge in [0.05, 0.1) is 17.3 Å². The van der Waals surface area contributed by atoms with Gasteiger partial charge in [0.25, 0.3) is 0 Å². The van der Waals surface area contributed by atoms with Crippen LogP contribution in [-0.4, -0.2) is 23.9 Å². The molecule has 4 atom stereocenters. The molecule has 0 aromatic heterocycles. The number of esters is 4. The second-order valence-corrected chi connectivity index (χ2v) is 5.64. The lowest BCUT2D eigenvalue weighted by atomic mass is 9.60. The van der Waals surface area contributed by atoms with Crippen LogP contribution in [0.4, 0.5) is 0 Å². The largest absolute Gasteiger partial charge is 0.392 e. The highest BCUT2D eigenvalue weighted by Gasteiger charge is 2.67. The van der Waals surface area contributed by atoms with E-state index in [4.69, 9.17) is 4.74 Å². The average molecular weight is 262 g/mol. The molecule has 98 valence electrons. The third kappa shape index (κ3) is 1.12. The summed E-state index contributed by atoms with van der Waals surface area (Å²) in [4.78, 5) is 47.3. The van der Waals surface area contributed by atoms with Gasteiger partial charge in [-0.05, 0) is 19.3 Å². The fourth-order valence-corrected chi connectivity index (χ4v) is 4.09. The van der Waals surface area contributed by atoms with E-state index in [1.165, 1.54) is 0 Å². The molecule has 1 saturated heterocycles. The van der Waals surface area contributed by atoms with Crippen molar-refractivity contribution in [2.24, 2.45) is 23.2 Å². The van der Waals surface area contributed by atoms with Crippen LogP contribution in [0.1, 0.15) is 19.3 Å². The van der Waals surface area contributed by atoms with Crippen LogP contribution in [0.25, 0.3) is 0 Å². The lowest BCUT2D eigenvalue weighted by Crippen LogP contribution is -2.54. The Labute approximate surface area is 107 Å². The summed E-state index contributed by atoms with van der Waals surface area (Å²) in [7, 11) is 0. The minimum absolute atomic E-state index is 0.211. The summed E-state index contributed by atoms with van der Waals surface area (Å²) in [6.45, 7) is 0. The van der Waals surface area contributed by atoms with Gasteiger partial charge in [0.15, 0.2) is 0 Å². The van der Waals surface area contributed by atoms with Gasteiger partial charge in [0.2, 0.25) is 0 Å². The molecule has 4 aliphatic rings. The van der Waals surface area contributed by atoms with Crippen LogP contribution >= 0.6 is 0 Å². The SMILES string of the molecule is O=C1OC(=O)C2C=C1CC13CCC(C(=O)OC1=O)C23. The molecule has 2 aliphatic heterocycles. The molecule has 0 spiro atoms. The minimum Gasteiger partial charge on any atom is -0.392 e. The average Bonchev–Trinajstić information content (AvgIpc) is 2.71. The van der Waals surface area contributed by atoms with Crippen LogP contribution in [0.3, 0.4) is 0 Å². The van der Waals surface area contributed by atoms with Crippen LogP contribution in [-0.2, 0) is 28.7 Å². The summed E-state index contributed by atoms with van der Waals surface area (Å²) < 4.78 is 9.48. The van der Waals surface area contributed by atoms with E-state index in [2.05, 4.69) is 4.74 Å². The Morgan fingerprint density at radius 2 is 1.89 bits per heavy atom. The fraction of sp³-hybridized carbons (Fsp3) is 0.538. The molecular formula is C13H10O6. The Bertz CT molecular complexity index is 588. The standard InChI is InChI=1S/C13H10O6/c14-9-5-3-7(11(16)18-9)8-6-1-2-13(8,4-5)12(17)19-10(6)15/h3,6-8H,1-2,4H2. The normalized spacial score (nSPS) is 43.4. The van der Waals surface area contributed by atoms with Gasteiger partial charge in [-0.1, -0.05) is 6.08 Å². The first-order valence-corrected chi connectivity index (χ1v) is 6.26. The van der Waals surface area contributed by atoms with Crippen molar-refractivity contribution in [3.05, 3.63) is 11.6 Å². The third-order valence-corrected chi connectivity index (χ3v) is 4.88. The molecule has 2 aliphatic carbocycles. The van der Waals surface area contributed by atoms with Gasteiger partial charge in [0.1, 0.15) is 0 Å². The molecule has 4 rings (SSSR count). The highest BCUT2D eigenvalue weighted by molar-refractivity contribution is 6.05. The second-order valence-electron chi connectivity index (χ2n) is 5.64. The smallest absolute Gasteiger partial charge is 0.341 e. The fourth-order valence-electron chi connectivity index (χ4n) is 4.09. The van der Waals surface area contributed by atoms with Gasteiger partial charge in [-0.15, -0.1) is 0 Å². The molecule has 2 heterocycles. The number of cyclic esters (lactones) is 4. The quantitative estimate of drug-likeness (QED) is 0.455. The highest BCUT2D eigenvalue weighted by Crippen LogP contribution is 2.61. The number of fused-ring (bicyclic) bond motifs is 1. The first-order valence-electron chi connectivity index (χ1n) is 6.26. The van der Waals surface area contributed by atoms with E-state index in [0.717, 1.165) is 0 Å². The van der Waals surface area contributed by atoms with Crippen molar-refractivity contribution in [1.82, 2.24) is 0 Å².